The molecule has 2 aliphatic heterocycles. The number of piperazine rings is 1. The highest BCUT2D eigenvalue weighted by molar-refractivity contribution is 7.80. The number of nitrogens with one attached hydrogen (secondary N) is 1. The van der Waals surface area contributed by atoms with Crippen LogP contribution >= 0.6 is 12.2 Å². The van der Waals surface area contributed by atoms with Gasteiger partial charge in [0.15, 0.2) is 11.0 Å². The van der Waals surface area contributed by atoms with Gasteiger partial charge in [-0.2, -0.15) is 0 Å². The Morgan fingerprint density at radius 1 is 1.23 bits per heavy atom. The molecule has 26 heavy (non-hydrogen) atoms. The second-order valence-corrected chi connectivity index (χ2v) is 6.95. The van der Waals surface area contributed by atoms with E-state index in [1.807, 2.05) is 18.2 Å². The summed E-state index contributed by atoms with van der Waals surface area (Å²) in [7, 11) is 1.60. The van der Waals surface area contributed by atoms with E-state index in [1.54, 1.807) is 19.2 Å². The van der Waals surface area contributed by atoms with Gasteiger partial charge in [-0.1, -0.05) is 18.2 Å². The van der Waals surface area contributed by atoms with Crippen LogP contribution in [0.2, 0.25) is 0 Å². The molecular weight excluding hydrogens is 350 g/mol. The molecule has 2 heterocycles. The molecule has 8 heteroatoms. The predicted molar refractivity (Wildman–Crippen MR) is 103 cm³/mol. The van der Waals surface area contributed by atoms with Crippen molar-refractivity contribution in [3.05, 3.63) is 30.3 Å². The molecule has 1 aromatic rings. The van der Waals surface area contributed by atoms with E-state index in [1.165, 1.54) is 20.9 Å². The molecule has 2 fully saturated rings. The van der Waals surface area contributed by atoms with Crippen molar-refractivity contribution in [2.75, 3.05) is 51.2 Å². The molecular formula is C18H25N5O2S+2. The molecule has 0 spiro atoms. The Morgan fingerprint density at radius 2 is 1.92 bits per heavy atom. The fourth-order valence-corrected chi connectivity index (χ4v) is 3.55. The Morgan fingerprint density at radius 3 is 2.62 bits per heavy atom. The maximum Gasteiger partial charge on any atom is 0.251 e. The molecule has 138 valence electrons. The first-order valence-electron chi connectivity index (χ1n) is 8.95. The monoisotopic (exact) mass is 375 g/mol. The zero-order valence-corrected chi connectivity index (χ0v) is 15.7. The van der Waals surface area contributed by atoms with Crippen molar-refractivity contribution >= 4 is 41.0 Å². The highest BCUT2D eigenvalue weighted by atomic mass is 32.1. The first-order chi connectivity index (χ1) is 12.6. The number of thiocarbonyl (C=S) groups is 1. The molecule has 1 atom stereocenters. The smallest absolute Gasteiger partial charge is 0.251 e. The molecule has 3 rings (SSSR count). The summed E-state index contributed by atoms with van der Waals surface area (Å²) in [4.78, 5) is 34.1. The van der Waals surface area contributed by atoms with Gasteiger partial charge < -0.3 is 10.2 Å². The topological polar surface area (TPSA) is 74.0 Å². The molecule has 1 aromatic carbocycles. The van der Waals surface area contributed by atoms with Crippen molar-refractivity contribution in [3.63, 3.8) is 0 Å². The molecule has 0 unspecified atom stereocenters. The normalized spacial score (nSPS) is 22.5. The van der Waals surface area contributed by atoms with Gasteiger partial charge in [0, 0.05) is 13.3 Å². The van der Waals surface area contributed by atoms with Crippen LogP contribution in [0.5, 0.6) is 0 Å². The van der Waals surface area contributed by atoms with Gasteiger partial charge >= 0.3 is 0 Å². The minimum atomic E-state index is -0.920. The molecule has 0 bridgehead atoms. The van der Waals surface area contributed by atoms with Gasteiger partial charge in [0.05, 0.1) is 18.8 Å². The summed E-state index contributed by atoms with van der Waals surface area (Å²) in [5.41, 5.74) is 0.661. The lowest BCUT2D eigenvalue weighted by molar-refractivity contribution is -0.945. The molecule has 0 aliphatic carbocycles. The maximum atomic E-state index is 12.9. The van der Waals surface area contributed by atoms with E-state index >= 15 is 0 Å². The van der Waals surface area contributed by atoms with E-state index in [2.05, 4.69) is 10.3 Å². The standard InChI is InChI=1S/C18H23N5O2S/c1-21-16(24)15(13-20-9-12-22-10-7-19-8-11-22)17(25)23(18(21)26)14-5-3-2-4-6-14/h2-6,13,15,19H,7-12H2,1H3/p+2/t15-/m1/s1. The first-order valence-corrected chi connectivity index (χ1v) is 9.36. The van der Waals surface area contributed by atoms with Crippen LogP contribution in [-0.4, -0.2) is 74.4 Å². The van der Waals surface area contributed by atoms with Gasteiger partial charge in [-0.3, -0.25) is 24.4 Å². The Hall–Kier alpha value is -2.16. The zero-order valence-electron chi connectivity index (χ0n) is 14.9. The molecule has 2 saturated heterocycles. The van der Waals surface area contributed by atoms with E-state index in [4.69, 9.17) is 12.2 Å². The molecule has 7 nitrogen and oxygen atoms in total. The van der Waals surface area contributed by atoms with E-state index in [9.17, 15) is 9.59 Å². The van der Waals surface area contributed by atoms with Crippen molar-refractivity contribution in [1.82, 2.24) is 4.90 Å². The zero-order chi connectivity index (χ0) is 18.5. The van der Waals surface area contributed by atoms with Crippen molar-refractivity contribution in [3.8, 4) is 0 Å². The number of carbonyl (C=O) groups is 2. The van der Waals surface area contributed by atoms with Gasteiger partial charge in [0.25, 0.3) is 5.91 Å². The summed E-state index contributed by atoms with van der Waals surface area (Å²) < 4.78 is 0. The van der Waals surface area contributed by atoms with Gasteiger partial charge in [0.1, 0.15) is 26.2 Å². The van der Waals surface area contributed by atoms with Crippen molar-refractivity contribution < 1.29 is 19.8 Å². The molecule has 3 N–H and O–H groups in total. The number of quaternary nitrogens is 2. The summed E-state index contributed by atoms with van der Waals surface area (Å²) in [5, 5.41) is 2.52. The first kappa shape index (κ1) is 18.6. The van der Waals surface area contributed by atoms with Crippen molar-refractivity contribution in [2.45, 2.75) is 0 Å². The molecule has 2 aliphatic rings. The highest BCUT2D eigenvalue weighted by Gasteiger charge is 2.41. The summed E-state index contributed by atoms with van der Waals surface area (Å²) in [6.07, 6.45) is 1.49. The van der Waals surface area contributed by atoms with E-state index < -0.39 is 5.92 Å². The SMILES string of the molecule is CN1C(=O)[C@@H](C=NCC[NH+]2CC[NH2+]CC2)C(=O)N(c2ccccc2)C1=S. The lowest BCUT2D eigenvalue weighted by atomic mass is 10.0. The Balaban J connectivity index is 1.69. The van der Waals surface area contributed by atoms with E-state index in [-0.39, 0.29) is 16.9 Å². The average molecular weight is 375 g/mol. The van der Waals surface area contributed by atoms with Crippen LogP contribution in [0.1, 0.15) is 0 Å². The minimum absolute atomic E-state index is 0.199. The van der Waals surface area contributed by atoms with Gasteiger partial charge in [-0.05, 0) is 24.4 Å². The highest BCUT2D eigenvalue weighted by Crippen LogP contribution is 2.23. The number of hydrogen-bond donors (Lipinski definition) is 2. The molecule has 0 saturated carbocycles. The Kier molecular flexibility index (Phi) is 6.08. The predicted octanol–water partition coefficient (Wildman–Crippen LogP) is -2.07. The van der Waals surface area contributed by atoms with Gasteiger partial charge in [0.2, 0.25) is 5.91 Å². The number of para-hydroxylation sites is 1. The average Bonchev–Trinajstić information content (AvgIpc) is 2.67. The van der Waals surface area contributed by atoms with Crippen molar-refractivity contribution in [1.29, 1.82) is 0 Å². The lowest BCUT2D eigenvalue weighted by Gasteiger charge is -2.36. The van der Waals surface area contributed by atoms with E-state index in [0.29, 0.717) is 12.2 Å². The van der Waals surface area contributed by atoms with E-state index in [0.717, 1.165) is 32.7 Å². The third-order valence-corrected chi connectivity index (χ3v) is 5.29. The van der Waals surface area contributed by atoms with Gasteiger partial charge in [-0.15, -0.1) is 0 Å². The second kappa shape index (κ2) is 8.48. The van der Waals surface area contributed by atoms with Crippen LogP contribution < -0.4 is 15.1 Å². The Labute approximate surface area is 158 Å². The maximum absolute atomic E-state index is 12.9. The largest absolute Gasteiger partial charge is 0.337 e. The molecule has 0 aromatic heterocycles. The quantitative estimate of drug-likeness (QED) is 0.353. The number of rotatable bonds is 5. The fourth-order valence-electron chi connectivity index (χ4n) is 3.27. The third-order valence-electron chi connectivity index (χ3n) is 4.83. The van der Waals surface area contributed by atoms with Crippen LogP contribution in [0.15, 0.2) is 35.3 Å². The van der Waals surface area contributed by atoms with Crippen LogP contribution in [-0.2, 0) is 9.59 Å². The number of anilines is 1. The number of carbonyl (C=O) groups excluding carboxylic acids is 2. The number of nitrogens with two attached hydrogens (primary N) is 1. The number of nitrogens with zero attached hydrogens (tertiary/aromatic N) is 3. The van der Waals surface area contributed by atoms with Crippen LogP contribution in [0, 0.1) is 5.92 Å². The second-order valence-electron chi connectivity index (χ2n) is 6.59. The summed E-state index contributed by atoms with van der Waals surface area (Å²) in [5.74, 6) is -1.58. The summed E-state index contributed by atoms with van der Waals surface area (Å²) in [6, 6.07) is 9.15. The summed E-state index contributed by atoms with van der Waals surface area (Å²) in [6.45, 7) is 6.10. The van der Waals surface area contributed by atoms with Crippen LogP contribution in [0.3, 0.4) is 0 Å². The fraction of sp³-hybridized carbons (Fsp3) is 0.444. The third kappa shape index (κ3) is 3.98. The summed E-state index contributed by atoms with van der Waals surface area (Å²) >= 11 is 5.32. The molecule has 2 amide bonds. The minimum Gasteiger partial charge on any atom is -0.337 e. The van der Waals surface area contributed by atoms with Crippen molar-refractivity contribution in [2.24, 2.45) is 10.9 Å². The van der Waals surface area contributed by atoms with Crippen LogP contribution in [0.25, 0.3) is 0 Å². The number of benzene rings is 1. The Bertz CT molecular complexity index is 703. The van der Waals surface area contributed by atoms with Crippen LogP contribution in [0.4, 0.5) is 5.69 Å². The van der Waals surface area contributed by atoms with Gasteiger partial charge in [-0.25, -0.2) is 0 Å². The lowest BCUT2D eigenvalue weighted by Crippen LogP contribution is -3.20. The number of amides is 2. The molecule has 0 radical (unpaired) electrons. The number of aliphatic imine (C=N–C) groups is 1. The number of hydrogen-bond acceptors (Lipinski definition) is 4.